The van der Waals surface area contributed by atoms with Gasteiger partial charge in [0.25, 0.3) is 5.91 Å². The Bertz CT molecular complexity index is 1210. The molecule has 0 aromatic heterocycles. The summed E-state index contributed by atoms with van der Waals surface area (Å²) in [7, 11) is 0. The highest BCUT2D eigenvalue weighted by Gasteiger charge is 2.75. The zero-order valence-electron chi connectivity index (χ0n) is 23.7. The molecule has 1 amide bonds. The van der Waals surface area contributed by atoms with Crippen molar-refractivity contribution in [3.8, 4) is 0 Å². The lowest BCUT2D eigenvalue weighted by atomic mass is 9.46. The first-order valence-electron chi connectivity index (χ1n) is 14.8. The number of hydrogen-bond acceptors (Lipinski definition) is 10. The van der Waals surface area contributed by atoms with E-state index in [9.17, 15) is 29.4 Å². The van der Waals surface area contributed by atoms with Crippen molar-refractivity contribution in [3.63, 3.8) is 0 Å². The minimum absolute atomic E-state index is 0.0128. The number of ketones is 2. The first kappa shape index (κ1) is 28.5. The van der Waals surface area contributed by atoms with Crippen molar-refractivity contribution in [2.24, 2.45) is 28.6 Å². The Hall–Kier alpha value is -2.60. The average molecular weight is 574 g/mol. The van der Waals surface area contributed by atoms with Crippen LogP contribution in [0.4, 0.5) is 4.79 Å². The number of allylic oxidation sites excluding steroid dienone is 4. The second-order valence-electron chi connectivity index (χ2n) is 12.9. The Morgan fingerprint density at radius 3 is 2.66 bits per heavy atom. The SMILES string of the molecule is CCCC1O[C@@H]2C[C@H]3[C@@H]4CCC5=CC(=O)C=C[C@]5(C)[C@H]4[C@@H](O)C[C@]3(C)[C@]2(C(=O)COC(=O)ON2C(=O)CCC2O)O1. The van der Waals surface area contributed by atoms with Gasteiger partial charge in [0.2, 0.25) is 5.78 Å². The lowest BCUT2D eigenvalue weighted by molar-refractivity contribution is -0.206. The standard InChI is InChI=1S/C30H39NO10/c1-4-5-25-39-22-13-19-18-7-6-16-12-17(32)10-11-28(16,2)26(18)20(33)14-29(19,3)30(22,40-25)21(34)15-38-27(37)41-31-23(35)8-9-24(31)36/h10-12,18-20,22-23,25-26,33,35H,4-9,13-15H2,1-3H3/t18-,19-,20-,22+,23?,25?,26+,28-,29-,30+/m0/s1. The van der Waals surface area contributed by atoms with Crippen molar-refractivity contribution in [1.82, 2.24) is 5.06 Å². The molecule has 2 N–H and O–H groups in total. The van der Waals surface area contributed by atoms with Crippen molar-refractivity contribution in [2.45, 2.75) is 102 Å². The molecule has 11 heteroatoms. The highest BCUT2D eigenvalue weighted by Crippen LogP contribution is 2.69. The summed E-state index contributed by atoms with van der Waals surface area (Å²) in [6.07, 6.45) is 4.65. The number of carbonyl (C=O) groups excluding carboxylic acids is 4. The fourth-order valence-corrected chi connectivity index (χ4v) is 9.10. The molecule has 2 unspecified atom stereocenters. The van der Waals surface area contributed by atoms with Crippen LogP contribution in [0.25, 0.3) is 0 Å². The van der Waals surface area contributed by atoms with E-state index in [1.165, 1.54) is 0 Å². The number of hydroxylamine groups is 2. The molecule has 0 radical (unpaired) electrons. The molecule has 2 heterocycles. The van der Waals surface area contributed by atoms with Crippen molar-refractivity contribution in [1.29, 1.82) is 0 Å². The molecule has 2 saturated heterocycles. The monoisotopic (exact) mass is 573 g/mol. The van der Waals surface area contributed by atoms with Crippen LogP contribution in [-0.2, 0) is 33.4 Å². The van der Waals surface area contributed by atoms with Crippen molar-refractivity contribution in [2.75, 3.05) is 6.61 Å². The third-order valence-corrected chi connectivity index (χ3v) is 10.9. The number of Topliss-reactive ketones (excluding diaryl/α,β-unsaturated/α-hetero) is 1. The normalized spacial score (nSPS) is 44.6. The highest BCUT2D eigenvalue weighted by atomic mass is 16.8. The van der Waals surface area contributed by atoms with Gasteiger partial charge in [0, 0.05) is 29.6 Å². The molecule has 4 aliphatic carbocycles. The van der Waals surface area contributed by atoms with Crippen LogP contribution in [0.5, 0.6) is 0 Å². The van der Waals surface area contributed by atoms with Crippen molar-refractivity contribution in [3.05, 3.63) is 23.8 Å². The number of aliphatic hydroxyl groups is 2. The molecular weight excluding hydrogens is 534 g/mol. The molecule has 6 aliphatic rings. The molecule has 5 fully saturated rings. The first-order chi connectivity index (χ1) is 19.4. The molecule has 10 atom stereocenters. The molecule has 0 bridgehead atoms. The van der Waals surface area contributed by atoms with Crippen LogP contribution in [0.1, 0.15) is 72.1 Å². The van der Waals surface area contributed by atoms with E-state index < -0.39 is 65.6 Å². The second kappa shape index (κ2) is 10.00. The topological polar surface area (TPSA) is 149 Å². The van der Waals surface area contributed by atoms with E-state index in [-0.39, 0.29) is 42.8 Å². The molecule has 3 saturated carbocycles. The first-order valence-corrected chi connectivity index (χ1v) is 14.8. The zero-order valence-corrected chi connectivity index (χ0v) is 23.7. The van der Waals surface area contributed by atoms with Crippen LogP contribution >= 0.6 is 0 Å². The molecule has 11 nitrogen and oxygen atoms in total. The van der Waals surface area contributed by atoms with Gasteiger partial charge in [0.15, 0.2) is 30.5 Å². The fraction of sp³-hybridized carbons (Fsp3) is 0.733. The summed E-state index contributed by atoms with van der Waals surface area (Å²) in [6, 6.07) is 0. The smallest absolute Gasteiger partial charge is 0.425 e. The zero-order chi connectivity index (χ0) is 29.3. The largest absolute Gasteiger partial charge is 0.534 e. The second-order valence-corrected chi connectivity index (χ2v) is 12.9. The molecule has 0 spiro atoms. The quantitative estimate of drug-likeness (QED) is 0.454. The number of ether oxygens (including phenoxy) is 3. The molecule has 0 aromatic carbocycles. The fourth-order valence-electron chi connectivity index (χ4n) is 9.10. The maximum absolute atomic E-state index is 14.1. The Morgan fingerprint density at radius 2 is 1.95 bits per heavy atom. The third-order valence-electron chi connectivity index (χ3n) is 10.9. The van der Waals surface area contributed by atoms with Gasteiger partial charge in [0.1, 0.15) is 0 Å². The molecule has 6 rings (SSSR count). The number of aliphatic hydroxyl groups excluding tert-OH is 2. The van der Waals surface area contributed by atoms with Crippen molar-refractivity contribution >= 4 is 23.6 Å². The highest BCUT2D eigenvalue weighted by molar-refractivity contribution is 6.01. The predicted molar refractivity (Wildman–Crippen MR) is 140 cm³/mol. The number of amides is 1. The van der Waals surface area contributed by atoms with Gasteiger partial charge in [-0.05, 0) is 56.1 Å². The van der Waals surface area contributed by atoms with E-state index in [4.69, 9.17) is 19.0 Å². The molecule has 0 aromatic rings. The summed E-state index contributed by atoms with van der Waals surface area (Å²) in [6.45, 7) is 5.40. The summed E-state index contributed by atoms with van der Waals surface area (Å²) in [5, 5.41) is 22.2. The van der Waals surface area contributed by atoms with E-state index in [1.54, 1.807) is 12.2 Å². The molecule has 2 aliphatic heterocycles. The van der Waals surface area contributed by atoms with Crippen LogP contribution in [0.2, 0.25) is 0 Å². The van der Waals surface area contributed by atoms with Gasteiger partial charge in [-0.3, -0.25) is 14.4 Å². The van der Waals surface area contributed by atoms with Crippen LogP contribution in [0.15, 0.2) is 23.8 Å². The lowest BCUT2D eigenvalue weighted by Gasteiger charge is -2.59. The number of nitrogens with zero attached hydrogens (tertiary/aromatic N) is 1. The van der Waals surface area contributed by atoms with E-state index >= 15 is 0 Å². The van der Waals surface area contributed by atoms with Gasteiger partial charge in [-0.15, -0.1) is 5.06 Å². The summed E-state index contributed by atoms with van der Waals surface area (Å²) in [5.41, 5.74) is -1.66. The van der Waals surface area contributed by atoms with Gasteiger partial charge in [-0.2, -0.15) is 0 Å². The number of rotatable bonds is 6. The van der Waals surface area contributed by atoms with Gasteiger partial charge in [-0.25, -0.2) is 4.79 Å². The van der Waals surface area contributed by atoms with Gasteiger partial charge >= 0.3 is 6.16 Å². The maximum atomic E-state index is 14.1. The third kappa shape index (κ3) is 4.14. The van der Waals surface area contributed by atoms with Crippen LogP contribution < -0.4 is 0 Å². The summed E-state index contributed by atoms with van der Waals surface area (Å²) < 4.78 is 18.1. The Balaban J connectivity index is 1.27. The minimum Gasteiger partial charge on any atom is -0.425 e. The van der Waals surface area contributed by atoms with E-state index in [0.29, 0.717) is 17.9 Å². The Morgan fingerprint density at radius 1 is 1.17 bits per heavy atom. The Labute approximate surface area is 238 Å². The van der Waals surface area contributed by atoms with Crippen molar-refractivity contribution < 1.29 is 48.4 Å². The minimum atomic E-state index is -1.44. The summed E-state index contributed by atoms with van der Waals surface area (Å²) in [5.74, 6) is -1.14. The summed E-state index contributed by atoms with van der Waals surface area (Å²) in [4.78, 5) is 55.4. The van der Waals surface area contributed by atoms with Gasteiger partial charge in [0.05, 0.1) is 12.2 Å². The molecule has 224 valence electrons. The number of fused-ring (bicyclic) bond motifs is 7. The lowest BCUT2D eigenvalue weighted by Crippen LogP contribution is -2.63. The molecule has 41 heavy (non-hydrogen) atoms. The Kier molecular flexibility index (Phi) is 6.95. The van der Waals surface area contributed by atoms with Crippen LogP contribution in [-0.4, -0.2) is 75.8 Å². The summed E-state index contributed by atoms with van der Waals surface area (Å²) >= 11 is 0. The van der Waals surface area contributed by atoms with Crippen LogP contribution in [0, 0.1) is 28.6 Å². The van der Waals surface area contributed by atoms with Gasteiger partial charge < -0.3 is 29.3 Å². The van der Waals surface area contributed by atoms with E-state index in [2.05, 4.69) is 6.92 Å². The molecular formula is C30H39NO10. The van der Waals surface area contributed by atoms with E-state index in [1.807, 2.05) is 19.9 Å². The van der Waals surface area contributed by atoms with Gasteiger partial charge in [-0.1, -0.05) is 38.8 Å². The number of carbonyl (C=O) groups is 4. The average Bonchev–Trinajstić information content (AvgIpc) is 3.52. The number of hydrogen-bond donors (Lipinski definition) is 2. The van der Waals surface area contributed by atoms with E-state index in [0.717, 1.165) is 24.8 Å². The predicted octanol–water partition coefficient (Wildman–Crippen LogP) is 2.73. The van der Waals surface area contributed by atoms with Crippen LogP contribution in [0.3, 0.4) is 0 Å². The maximum Gasteiger partial charge on any atom is 0.534 e.